The van der Waals surface area contributed by atoms with Crippen LogP contribution in [-0.2, 0) is 20.0 Å². The summed E-state index contributed by atoms with van der Waals surface area (Å²) in [6, 6.07) is 8.87. The second kappa shape index (κ2) is 7.67. The van der Waals surface area contributed by atoms with E-state index in [0.717, 1.165) is 5.41 Å². The number of methoxy groups -OCH3 is 1. The molecule has 0 aliphatic carbocycles. The van der Waals surface area contributed by atoms with Crippen LogP contribution in [0.1, 0.15) is 11.1 Å². The standard InChI is InChI=1S/C16H17ClN2O5S2/c1-11-3-6-16(26(18,22)23)14(9-11)19-25(20,21)8-7-12-4-5-13(17)10-15(12)24-2/h3-10,19H,1-2H3,(H2,18,22,23)/b8-7+. The third kappa shape index (κ3) is 5.21. The molecular formula is C16H17ClN2O5S2. The molecule has 2 aromatic carbocycles. The zero-order chi connectivity index (χ0) is 19.5. The Hall–Kier alpha value is -2.07. The van der Waals surface area contributed by atoms with Crippen molar-refractivity contribution in [1.29, 1.82) is 0 Å². The van der Waals surface area contributed by atoms with Gasteiger partial charge in [0.05, 0.1) is 18.2 Å². The Balaban J connectivity index is 2.38. The highest BCUT2D eigenvalue weighted by atomic mass is 35.5. The maximum atomic E-state index is 12.3. The van der Waals surface area contributed by atoms with Gasteiger partial charge >= 0.3 is 0 Å². The normalized spacial score (nSPS) is 12.3. The smallest absolute Gasteiger partial charge is 0.255 e. The van der Waals surface area contributed by atoms with Gasteiger partial charge in [0, 0.05) is 10.6 Å². The fourth-order valence-corrected chi connectivity index (χ4v) is 3.91. The van der Waals surface area contributed by atoms with Crippen LogP contribution in [0.4, 0.5) is 5.69 Å². The van der Waals surface area contributed by atoms with Crippen molar-refractivity contribution in [2.45, 2.75) is 11.8 Å². The molecule has 0 aromatic heterocycles. The van der Waals surface area contributed by atoms with E-state index in [1.54, 1.807) is 25.1 Å². The summed E-state index contributed by atoms with van der Waals surface area (Å²) in [5.41, 5.74) is 1.02. The number of hydrogen-bond acceptors (Lipinski definition) is 5. The van der Waals surface area contributed by atoms with Gasteiger partial charge in [-0.15, -0.1) is 0 Å². The molecule has 0 bridgehead atoms. The minimum Gasteiger partial charge on any atom is -0.496 e. The van der Waals surface area contributed by atoms with Crippen LogP contribution in [0, 0.1) is 6.92 Å². The number of nitrogens with one attached hydrogen (secondary N) is 1. The van der Waals surface area contributed by atoms with Crippen molar-refractivity contribution in [2.24, 2.45) is 5.14 Å². The molecule has 0 unspecified atom stereocenters. The van der Waals surface area contributed by atoms with Crippen LogP contribution in [0.5, 0.6) is 5.75 Å². The van der Waals surface area contributed by atoms with Gasteiger partial charge in [-0.05, 0) is 48.9 Å². The summed E-state index contributed by atoms with van der Waals surface area (Å²) in [7, 11) is -6.67. The van der Waals surface area contributed by atoms with Gasteiger partial charge in [-0.2, -0.15) is 0 Å². The molecule has 0 saturated carbocycles. The predicted octanol–water partition coefficient (Wildman–Crippen LogP) is 2.72. The van der Waals surface area contributed by atoms with E-state index in [-0.39, 0.29) is 10.6 Å². The summed E-state index contributed by atoms with van der Waals surface area (Å²) in [5.74, 6) is 0.393. The lowest BCUT2D eigenvalue weighted by molar-refractivity contribution is 0.414. The van der Waals surface area contributed by atoms with Gasteiger partial charge < -0.3 is 4.74 Å². The zero-order valence-electron chi connectivity index (χ0n) is 13.9. The number of halogens is 1. The monoisotopic (exact) mass is 416 g/mol. The molecule has 0 radical (unpaired) electrons. The van der Waals surface area contributed by atoms with E-state index in [9.17, 15) is 16.8 Å². The van der Waals surface area contributed by atoms with Crippen LogP contribution in [0.15, 0.2) is 46.7 Å². The number of ether oxygens (including phenoxy) is 1. The molecule has 2 rings (SSSR count). The third-order valence-corrected chi connectivity index (χ3v) is 5.52. The van der Waals surface area contributed by atoms with Crippen LogP contribution in [0.2, 0.25) is 5.02 Å². The number of sulfonamides is 2. The molecule has 7 nitrogen and oxygen atoms in total. The highest BCUT2D eigenvalue weighted by Crippen LogP contribution is 2.26. The summed E-state index contributed by atoms with van der Waals surface area (Å²) in [4.78, 5) is -0.316. The fraction of sp³-hybridized carbons (Fsp3) is 0.125. The van der Waals surface area contributed by atoms with Gasteiger partial charge in [0.2, 0.25) is 10.0 Å². The Kier molecular flexibility index (Phi) is 5.97. The van der Waals surface area contributed by atoms with Crippen molar-refractivity contribution in [3.63, 3.8) is 0 Å². The molecule has 0 saturated heterocycles. The van der Waals surface area contributed by atoms with E-state index in [2.05, 4.69) is 4.72 Å². The predicted molar refractivity (Wildman–Crippen MR) is 102 cm³/mol. The molecule has 0 atom stereocenters. The quantitative estimate of drug-likeness (QED) is 0.751. The Bertz CT molecular complexity index is 1060. The molecule has 3 N–H and O–H groups in total. The zero-order valence-corrected chi connectivity index (χ0v) is 16.3. The lowest BCUT2D eigenvalue weighted by Gasteiger charge is -2.10. The topological polar surface area (TPSA) is 116 Å². The Morgan fingerprint density at radius 3 is 2.42 bits per heavy atom. The first kappa shape index (κ1) is 20.2. The molecule has 2 aromatic rings. The van der Waals surface area contributed by atoms with Crippen LogP contribution in [-0.4, -0.2) is 23.9 Å². The minimum atomic E-state index is -4.09. The van der Waals surface area contributed by atoms with E-state index in [0.29, 0.717) is 21.9 Å². The maximum absolute atomic E-state index is 12.3. The molecular weight excluding hydrogens is 400 g/mol. The van der Waals surface area contributed by atoms with Gasteiger partial charge in [-0.25, -0.2) is 22.0 Å². The Morgan fingerprint density at radius 1 is 1.12 bits per heavy atom. The van der Waals surface area contributed by atoms with E-state index in [4.69, 9.17) is 21.5 Å². The van der Waals surface area contributed by atoms with E-state index >= 15 is 0 Å². The average Bonchev–Trinajstić information content (AvgIpc) is 2.52. The van der Waals surface area contributed by atoms with Crippen molar-refractivity contribution < 1.29 is 21.6 Å². The molecule has 0 heterocycles. The highest BCUT2D eigenvalue weighted by Gasteiger charge is 2.17. The largest absolute Gasteiger partial charge is 0.496 e. The number of nitrogens with two attached hydrogens (primary N) is 1. The number of rotatable bonds is 6. The first-order valence-electron chi connectivity index (χ1n) is 7.20. The molecule has 26 heavy (non-hydrogen) atoms. The Labute approximate surface area is 157 Å². The van der Waals surface area contributed by atoms with Crippen molar-refractivity contribution in [2.75, 3.05) is 11.8 Å². The number of benzene rings is 2. The SMILES string of the molecule is COc1cc(Cl)ccc1/C=C/S(=O)(=O)Nc1cc(C)ccc1S(N)(=O)=O. The molecule has 140 valence electrons. The van der Waals surface area contributed by atoms with Crippen molar-refractivity contribution >= 4 is 43.4 Å². The first-order valence-corrected chi connectivity index (χ1v) is 10.7. The van der Waals surface area contributed by atoms with Gasteiger partial charge in [-0.3, -0.25) is 4.72 Å². The number of hydrogen-bond donors (Lipinski definition) is 2. The van der Waals surface area contributed by atoms with Crippen LogP contribution in [0.25, 0.3) is 6.08 Å². The maximum Gasteiger partial charge on any atom is 0.255 e. The molecule has 0 aliphatic rings. The molecule has 0 spiro atoms. The van der Waals surface area contributed by atoms with Crippen LogP contribution >= 0.6 is 11.6 Å². The van der Waals surface area contributed by atoms with E-state index in [1.165, 1.54) is 31.4 Å². The van der Waals surface area contributed by atoms with Crippen molar-refractivity contribution in [3.8, 4) is 5.75 Å². The number of anilines is 1. The first-order chi connectivity index (χ1) is 12.0. The summed E-state index contributed by atoms with van der Waals surface area (Å²) in [5, 5.41) is 6.47. The summed E-state index contributed by atoms with van der Waals surface area (Å²) in [6.45, 7) is 1.69. The summed E-state index contributed by atoms with van der Waals surface area (Å²) in [6.07, 6.45) is 1.31. The fourth-order valence-electron chi connectivity index (χ4n) is 2.14. The van der Waals surface area contributed by atoms with E-state index < -0.39 is 20.0 Å². The molecule has 0 amide bonds. The van der Waals surface area contributed by atoms with Gasteiger partial charge in [0.15, 0.2) is 0 Å². The molecule has 0 fully saturated rings. The Morgan fingerprint density at radius 2 is 1.81 bits per heavy atom. The van der Waals surface area contributed by atoms with Crippen LogP contribution < -0.4 is 14.6 Å². The van der Waals surface area contributed by atoms with Gasteiger partial charge in [-0.1, -0.05) is 17.7 Å². The summed E-state index contributed by atoms with van der Waals surface area (Å²) < 4.78 is 55.3. The van der Waals surface area contributed by atoms with Gasteiger partial charge in [0.25, 0.3) is 10.0 Å². The lowest BCUT2D eigenvalue weighted by atomic mass is 10.2. The second-order valence-electron chi connectivity index (χ2n) is 5.38. The van der Waals surface area contributed by atoms with E-state index in [1.807, 2.05) is 0 Å². The number of aryl methyl sites for hydroxylation is 1. The minimum absolute atomic E-state index is 0.125. The highest BCUT2D eigenvalue weighted by molar-refractivity contribution is 7.95. The number of primary sulfonamides is 1. The van der Waals surface area contributed by atoms with Crippen LogP contribution in [0.3, 0.4) is 0 Å². The molecule has 0 aliphatic heterocycles. The summed E-state index contributed by atoms with van der Waals surface area (Å²) >= 11 is 5.86. The molecule has 10 heteroatoms. The third-order valence-electron chi connectivity index (χ3n) is 3.32. The average molecular weight is 417 g/mol. The van der Waals surface area contributed by atoms with Crippen molar-refractivity contribution in [1.82, 2.24) is 0 Å². The van der Waals surface area contributed by atoms with Crippen molar-refractivity contribution in [3.05, 3.63) is 58.0 Å². The second-order valence-corrected chi connectivity index (χ2v) is 8.91. The lowest BCUT2D eigenvalue weighted by Crippen LogP contribution is -2.17. The van der Waals surface area contributed by atoms with Gasteiger partial charge in [0.1, 0.15) is 10.6 Å².